The van der Waals surface area contributed by atoms with Gasteiger partial charge in [0.25, 0.3) is 0 Å². The smallest absolute Gasteiger partial charge is 0.118 e. The predicted molar refractivity (Wildman–Crippen MR) is 93.1 cm³/mol. The van der Waals surface area contributed by atoms with Crippen LogP contribution in [0.1, 0.15) is 39.5 Å². The summed E-state index contributed by atoms with van der Waals surface area (Å²) in [7, 11) is -1.57. The minimum absolute atomic E-state index is 0.670. The summed E-state index contributed by atoms with van der Waals surface area (Å²) in [4.78, 5) is 0. The first-order valence-electron chi connectivity index (χ1n) is 7.83. The second kappa shape index (κ2) is 8.73. The lowest BCUT2D eigenvalue weighted by Gasteiger charge is -2.24. The molecule has 0 saturated carbocycles. The van der Waals surface area contributed by atoms with Gasteiger partial charge in [-0.3, -0.25) is 0 Å². The Kier molecular flexibility index (Phi) is 7.68. The van der Waals surface area contributed by atoms with Crippen LogP contribution in [0.3, 0.4) is 0 Å². The number of para-hydroxylation sites is 1. The zero-order valence-electron chi connectivity index (χ0n) is 13.4. The number of ether oxygens (including phenoxy) is 1. The van der Waals surface area contributed by atoms with Crippen LogP contribution in [0.25, 0.3) is 0 Å². The molecule has 0 heterocycles. The maximum Gasteiger partial charge on any atom is 0.118 e. The Hall–Kier alpha value is -0.473. The quantitative estimate of drug-likeness (QED) is 0.462. The average molecular weight is 313 g/mol. The first kappa shape index (κ1) is 17.6. The zero-order valence-corrected chi connectivity index (χ0v) is 15.2. The topological polar surface area (TPSA) is 9.23 Å². The third kappa shape index (κ3) is 5.14. The van der Waals surface area contributed by atoms with E-state index in [-0.39, 0.29) is 0 Å². The summed E-state index contributed by atoms with van der Waals surface area (Å²) in [5.74, 6) is 1.73. The number of hydrogen-bond acceptors (Lipinski definition) is 1. The summed E-state index contributed by atoms with van der Waals surface area (Å²) in [5.41, 5.74) is 0.737. The molecule has 1 nitrogen and oxygen atoms in total. The lowest BCUT2D eigenvalue weighted by molar-refractivity contribution is 0.235. The van der Waals surface area contributed by atoms with E-state index in [4.69, 9.17) is 16.3 Å². The standard InChI is InChI=1S/C17H29ClOSi/c1-5-7-10-15(6-2)13-19-16-11-8-9-12-17(16)20(3,4)14-18/h8-9,11-12,15H,5-7,10,13-14H2,1-4H3. The van der Waals surface area contributed by atoms with Gasteiger partial charge in [0.1, 0.15) is 13.8 Å². The summed E-state index contributed by atoms with van der Waals surface area (Å²) in [6.07, 6.45) is 5.02. The van der Waals surface area contributed by atoms with E-state index in [0.717, 1.165) is 17.9 Å². The molecule has 0 N–H and O–H groups in total. The van der Waals surface area contributed by atoms with Gasteiger partial charge in [-0.1, -0.05) is 64.4 Å². The molecule has 1 aromatic rings. The Morgan fingerprint density at radius 1 is 1.20 bits per heavy atom. The molecule has 0 saturated heterocycles. The maximum atomic E-state index is 6.16. The molecule has 20 heavy (non-hydrogen) atoms. The first-order chi connectivity index (χ1) is 9.55. The Balaban J connectivity index is 2.72. The van der Waals surface area contributed by atoms with E-state index in [1.807, 2.05) is 0 Å². The van der Waals surface area contributed by atoms with Gasteiger partial charge in [0.15, 0.2) is 0 Å². The summed E-state index contributed by atoms with van der Waals surface area (Å²) >= 11 is 6.16. The number of alkyl halides is 1. The van der Waals surface area contributed by atoms with Crippen molar-refractivity contribution in [1.29, 1.82) is 0 Å². The molecule has 1 atom stereocenters. The zero-order chi connectivity index (χ0) is 15.0. The maximum absolute atomic E-state index is 6.16. The summed E-state index contributed by atoms with van der Waals surface area (Å²) in [6, 6.07) is 8.45. The SMILES string of the molecule is CCCCC(CC)COc1ccccc1[Si](C)(C)CCl. The van der Waals surface area contributed by atoms with Crippen molar-refractivity contribution >= 4 is 24.9 Å². The normalized spacial score (nSPS) is 13.2. The van der Waals surface area contributed by atoms with Crippen LogP contribution in [-0.4, -0.2) is 20.2 Å². The highest BCUT2D eigenvalue weighted by Crippen LogP contribution is 2.18. The van der Waals surface area contributed by atoms with Crippen LogP contribution in [-0.2, 0) is 0 Å². The Morgan fingerprint density at radius 3 is 2.50 bits per heavy atom. The van der Waals surface area contributed by atoms with Crippen LogP contribution in [0.5, 0.6) is 5.75 Å². The molecule has 3 heteroatoms. The van der Waals surface area contributed by atoms with Crippen LogP contribution < -0.4 is 9.92 Å². The Bertz CT molecular complexity index is 392. The molecule has 1 aromatic carbocycles. The lowest BCUT2D eigenvalue weighted by atomic mass is 10.0. The van der Waals surface area contributed by atoms with E-state index < -0.39 is 8.07 Å². The van der Waals surface area contributed by atoms with Gasteiger partial charge in [-0.15, -0.1) is 11.6 Å². The van der Waals surface area contributed by atoms with E-state index in [1.54, 1.807) is 0 Å². The molecule has 0 aromatic heterocycles. The van der Waals surface area contributed by atoms with Crippen molar-refractivity contribution in [2.45, 2.75) is 52.6 Å². The second-order valence-electron chi connectivity index (χ2n) is 6.24. The van der Waals surface area contributed by atoms with E-state index in [9.17, 15) is 0 Å². The molecule has 1 unspecified atom stereocenters. The number of benzene rings is 1. The van der Waals surface area contributed by atoms with Crippen LogP contribution in [0.4, 0.5) is 0 Å². The van der Waals surface area contributed by atoms with Gasteiger partial charge in [0, 0.05) is 5.50 Å². The van der Waals surface area contributed by atoms with Crippen LogP contribution >= 0.6 is 11.6 Å². The van der Waals surface area contributed by atoms with Crippen molar-refractivity contribution in [1.82, 2.24) is 0 Å². The van der Waals surface area contributed by atoms with E-state index in [2.05, 4.69) is 51.2 Å². The first-order valence-corrected chi connectivity index (χ1v) is 11.6. The Labute approximate surface area is 130 Å². The molecule has 0 bridgehead atoms. The van der Waals surface area contributed by atoms with Crippen molar-refractivity contribution < 1.29 is 4.74 Å². The van der Waals surface area contributed by atoms with Crippen molar-refractivity contribution in [2.24, 2.45) is 5.92 Å². The third-order valence-corrected chi connectivity index (χ3v) is 8.51. The Morgan fingerprint density at radius 2 is 1.90 bits per heavy atom. The minimum Gasteiger partial charge on any atom is -0.493 e. The average Bonchev–Trinajstić information content (AvgIpc) is 2.47. The monoisotopic (exact) mass is 312 g/mol. The molecule has 0 fully saturated rings. The van der Waals surface area contributed by atoms with Gasteiger partial charge in [-0.2, -0.15) is 0 Å². The highest BCUT2D eigenvalue weighted by Gasteiger charge is 2.26. The number of halogens is 1. The van der Waals surface area contributed by atoms with Crippen LogP contribution in [0.2, 0.25) is 13.1 Å². The fraction of sp³-hybridized carbons (Fsp3) is 0.647. The van der Waals surface area contributed by atoms with Gasteiger partial charge >= 0.3 is 0 Å². The minimum atomic E-state index is -1.57. The van der Waals surface area contributed by atoms with Gasteiger partial charge in [0.05, 0.1) is 6.61 Å². The van der Waals surface area contributed by atoms with Crippen molar-refractivity contribution in [3.63, 3.8) is 0 Å². The molecule has 0 aliphatic rings. The van der Waals surface area contributed by atoms with E-state index in [1.165, 1.54) is 30.9 Å². The van der Waals surface area contributed by atoms with Crippen LogP contribution in [0.15, 0.2) is 24.3 Å². The fourth-order valence-electron chi connectivity index (χ4n) is 2.33. The van der Waals surface area contributed by atoms with Crippen molar-refractivity contribution in [3.8, 4) is 5.75 Å². The lowest BCUT2D eigenvalue weighted by Crippen LogP contribution is -2.44. The third-order valence-electron chi connectivity index (χ3n) is 3.97. The van der Waals surface area contributed by atoms with E-state index in [0.29, 0.717) is 5.92 Å². The van der Waals surface area contributed by atoms with Crippen molar-refractivity contribution in [2.75, 3.05) is 12.1 Å². The molecule has 1 rings (SSSR count). The molecule has 0 aliphatic heterocycles. The highest BCUT2D eigenvalue weighted by molar-refractivity contribution is 6.94. The molecule has 0 aliphatic carbocycles. The molecule has 0 spiro atoms. The molecular weight excluding hydrogens is 284 g/mol. The van der Waals surface area contributed by atoms with Crippen LogP contribution in [0, 0.1) is 5.92 Å². The molecular formula is C17H29ClOSi. The fourth-order valence-corrected chi connectivity index (χ4v) is 4.28. The highest BCUT2D eigenvalue weighted by atomic mass is 35.5. The largest absolute Gasteiger partial charge is 0.493 e. The summed E-state index contributed by atoms with van der Waals surface area (Å²) in [5, 5.41) is 1.35. The van der Waals surface area contributed by atoms with Gasteiger partial charge < -0.3 is 4.74 Å². The van der Waals surface area contributed by atoms with Crippen molar-refractivity contribution in [3.05, 3.63) is 24.3 Å². The van der Waals surface area contributed by atoms with Gasteiger partial charge in [-0.05, 0) is 23.6 Å². The molecule has 0 radical (unpaired) electrons. The summed E-state index contributed by atoms with van der Waals surface area (Å²) < 4.78 is 6.15. The van der Waals surface area contributed by atoms with Gasteiger partial charge in [-0.25, -0.2) is 0 Å². The molecule has 114 valence electrons. The number of hydrogen-bond donors (Lipinski definition) is 0. The predicted octanol–water partition coefficient (Wildman–Crippen LogP) is 4.98. The molecule has 0 amide bonds. The van der Waals surface area contributed by atoms with Gasteiger partial charge in [0.2, 0.25) is 0 Å². The number of rotatable bonds is 9. The van der Waals surface area contributed by atoms with E-state index >= 15 is 0 Å². The number of unbranched alkanes of at least 4 members (excludes halogenated alkanes) is 1. The second-order valence-corrected chi connectivity index (χ2v) is 11.6. The summed E-state index contributed by atoms with van der Waals surface area (Å²) in [6.45, 7) is 9.94.